The molecule has 0 aromatic heterocycles. The molecule has 1 atom stereocenters. The number of methoxy groups -OCH3 is 1. The van der Waals surface area contributed by atoms with Crippen molar-refractivity contribution < 1.29 is 17.9 Å². The van der Waals surface area contributed by atoms with E-state index in [-0.39, 0.29) is 11.8 Å². The number of hydrogen-bond donors (Lipinski definition) is 1. The maximum atomic E-state index is 12.7. The maximum Gasteiger partial charge on any atom is 0.416 e. The molecule has 1 aromatic rings. The van der Waals surface area contributed by atoms with Crippen LogP contribution in [0.3, 0.4) is 0 Å². The lowest BCUT2D eigenvalue weighted by molar-refractivity contribution is -0.137. The van der Waals surface area contributed by atoms with Crippen molar-refractivity contribution >= 4 is 5.69 Å². The van der Waals surface area contributed by atoms with Crippen molar-refractivity contribution in [2.45, 2.75) is 25.2 Å². The van der Waals surface area contributed by atoms with Gasteiger partial charge in [0.1, 0.15) is 0 Å². The fourth-order valence-corrected chi connectivity index (χ4v) is 2.36. The van der Waals surface area contributed by atoms with Crippen LogP contribution in [0, 0.1) is 0 Å². The van der Waals surface area contributed by atoms with Crippen LogP contribution in [0.25, 0.3) is 0 Å². The van der Waals surface area contributed by atoms with Gasteiger partial charge in [-0.25, -0.2) is 0 Å². The molecule has 106 valence electrons. The highest BCUT2D eigenvalue weighted by molar-refractivity contribution is 5.45. The third kappa shape index (κ3) is 3.61. The minimum atomic E-state index is -4.36. The molecule has 2 N–H and O–H groups in total. The summed E-state index contributed by atoms with van der Waals surface area (Å²) >= 11 is 0. The fraction of sp³-hybridized carbons (Fsp3) is 0.538. The number of hydrogen-bond acceptors (Lipinski definition) is 3. The van der Waals surface area contributed by atoms with Gasteiger partial charge in [-0.1, -0.05) is 0 Å². The van der Waals surface area contributed by atoms with Crippen LogP contribution in [0.4, 0.5) is 18.9 Å². The maximum absolute atomic E-state index is 12.7. The summed E-state index contributed by atoms with van der Waals surface area (Å²) in [4.78, 5) is 2.07. The predicted molar refractivity (Wildman–Crippen MR) is 66.5 cm³/mol. The Balaban J connectivity index is 2.11. The van der Waals surface area contributed by atoms with Crippen LogP contribution in [0.1, 0.15) is 17.5 Å². The number of benzene rings is 1. The first-order chi connectivity index (χ1) is 8.88. The summed E-state index contributed by atoms with van der Waals surface area (Å²) in [6.45, 7) is 2.04. The van der Waals surface area contributed by atoms with Gasteiger partial charge in [0, 0.05) is 32.4 Å². The number of nitrogens with zero attached hydrogens (tertiary/aromatic N) is 1. The van der Waals surface area contributed by atoms with E-state index in [4.69, 9.17) is 10.5 Å². The second-order valence-corrected chi connectivity index (χ2v) is 4.84. The van der Waals surface area contributed by atoms with Crippen LogP contribution in [0.2, 0.25) is 0 Å². The summed E-state index contributed by atoms with van der Waals surface area (Å²) in [6, 6.07) is 3.72. The molecule has 3 nitrogen and oxygen atoms in total. The van der Waals surface area contributed by atoms with E-state index in [9.17, 15) is 13.2 Å². The number of anilines is 1. The lowest BCUT2D eigenvalue weighted by Crippen LogP contribution is -2.22. The molecule has 0 spiro atoms. The molecule has 0 aliphatic carbocycles. The molecule has 6 heteroatoms. The molecular formula is C13H17F3N2O. The zero-order valence-electron chi connectivity index (χ0n) is 10.7. The van der Waals surface area contributed by atoms with Crippen molar-refractivity contribution in [1.29, 1.82) is 0 Å². The van der Waals surface area contributed by atoms with E-state index in [1.807, 2.05) is 0 Å². The molecule has 19 heavy (non-hydrogen) atoms. The topological polar surface area (TPSA) is 38.5 Å². The second kappa shape index (κ2) is 5.38. The number of likely N-dealkylation sites (tertiary alicyclic amines) is 1. The monoisotopic (exact) mass is 274 g/mol. The molecule has 0 radical (unpaired) electrons. The Hall–Kier alpha value is -1.27. The zero-order valence-corrected chi connectivity index (χ0v) is 10.7. The van der Waals surface area contributed by atoms with E-state index in [2.05, 4.69) is 4.90 Å². The Labute approximate surface area is 110 Å². The van der Waals surface area contributed by atoms with E-state index >= 15 is 0 Å². The highest BCUT2D eigenvalue weighted by atomic mass is 19.4. The largest absolute Gasteiger partial charge is 0.416 e. The first-order valence-electron chi connectivity index (χ1n) is 6.10. The summed E-state index contributed by atoms with van der Waals surface area (Å²) in [6.07, 6.45) is -3.28. The summed E-state index contributed by atoms with van der Waals surface area (Å²) in [5.41, 5.74) is 5.58. The summed E-state index contributed by atoms with van der Waals surface area (Å²) in [5, 5.41) is 0. The number of nitrogens with two attached hydrogens (primary N) is 1. The number of halogens is 3. The van der Waals surface area contributed by atoms with E-state index in [1.54, 1.807) is 13.2 Å². The van der Waals surface area contributed by atoms with Crippen molar-refractivity contribution in [3.05, 3.63) is 29.3 Å². The molecule has 0 bridgehead atoms. The fourth-order valence-electron chi connectivity index (χ4n) is 2.36. The molecule has 0 amide bonds. The second-order valence-electron chi connectivity index (χ2n) is 4.84. The Morgan fingerprint density at radius 2 is 2.11 bits per heavy atom. The third-order valence-corrected chi connectivity index (χ3v) is 3.31. The van der Waals surface area contributed by atoms with Gasteiger partial charge in [0.05, 0.1) is 11.7 Å². The van der Waals surface area contributed by atoms with Crippen molar-refractivity contribution in [3.8, 4) is 0 Å². The van der Waals surface area contributed by atoms with Crippen LogP contribution in [0.5, 0.6) is 0 Å². The first kappa shape index (κ1) is 14.1. The average molecular weight is 274 g/mol. The molecule has 2 rings (SSSR count). The quantitative estimate of drug-likeness (QED) is 0.861. The molecule has 1 aliphatic rings. The molecule has 1 aromatic carbocycles. The summed E-state index contributed by atoms with van der Waals surface area (Å²) in [5.74, 6) is 0. The van der Waals surface area contributed by atoms with Crippen LogP contribution >= 0.6 is 0 Å². The Morgan fingerprint density at radius 3 is 2.68 bits per heavy atom. The molecule has 1 fully saturated rings. The lowest BCUT2D eigenvalue weighted by Gasteiger charge is -2.17. The molecular weight excluding hydrogens is 257 g/mol. The van der Waals surface area contributed by atoms with E-state index in [0.29, 0.717) is 12.1 Å². The molecule has 0 saturated carbocycles. The smallest absolute Gasteiger partial charge is 0.399 e. The predicted octanol–water partition coefficient (Wildman–Crippen LogP) is 2.51. The Morgan fingerprint density at radius 1 is 1.37 bits per heavy atom. The van der Waals surface area contributed by atoms with Gasteiger partial charge in [0.15, 0.2) is 0 Å². The highest BCUT2D eigenvalue weighted by Gasteiger charge is 2.31. The Bertz CT molecular complexity index is 448. The summed E-state index contributed by atoms with van der Waals surface area (Å²) in [7, 11) is 1.65. The van der Waals surface area contributed by atoms with Gasteiger partial charge in [-0.15, -0.1) is 0 Å². The van der Waals surface area contributed by atoms with Crippen molar-refractivity contribution in [2.75, 3.05) is 25.9 Å². The van der Waals surface area contributed by atoms with Crippen LogP contribution in [0.15, 0.2) is 18.2 Å². The molecule has 1 aliphatic heterocycles. The van der Waals surface area contributed by atoms with E-state index in [1.165, 1.54) is 0 Å². The van der Waals surface area contributed by atoms with Gasteiger partial charge in [-0.3, -0.25) is 4.90 Å². The highest BCUT2D eigenvalue weighted by Crippen LogP contribution is 2.31. The van der Waals surface area contributed by atoms with Gasteiger partial charge >= 0.3 is 6.18 Å². The Kier molecular flexibility index (Phi) is 4.01. The molecule has 0 unspecified atom stereocenters. The number of ether oxygens (including phenoxy) is 1. The number of nitrogen functional groups attached to an aromatic ring is 1. The van der Waals surface area contributed by atoms with E-state index < -0.39 is 11.7 Å². The van der Waals surface area contributed by atoms with Crippen LogP contribution < -0.4 is 5.73 Å². The van der Waals surface area contributed by atoms with Gasteiger partial charge < -0.3 is 10.5 Å². The van der Waals surface area contributed by atoms with Crippen molar-refractivity contribution in [1.82, 2.24) is 4.90 Å². The van der Waals surface area contributed by atoms with Crippen molar-refractivity contribution in [2.24, 2.45) is 0 Å². The minimum absolute atomic E-state index is 0.146. The average Bonchev–Trinajstić information content (AvgIpc) is 2.75. The SMILES string of the molecule is CO[C@@H]1CCN(Cc2cc(N)cc(C(F)(F)F)c2)C1. The molecule has 1 saturated heterocycles. The van der Waals surface area contributed by atoms with Crippen LogP contribution in [-0.2, 0) is 17.5 Å². The third-order valence-electron chi connectivity index (χ3n) is 3.31. The molecule has 1 heterocycles. The van der Waals surface area contributed by atoms with E-state index in [0.717, 1.165) is 31.6 Å². The van der Waals surface area contributed by atoms with Crippen LogP contribution in [-0.4, -0.2) is 31.2 Å². The normalized spacial score (nSPS) is 20.9. The zero-order chi connectivity index (χ0) is 14.0. The lowest BCUT2D eigenvalue weighted by atomic mass is 10.1. The standard InChI is InChI=1S/C13H17F3N2O/c1-19-12-2-3-18(8-12)7-9-4-10(13(14,15)16)6-11(17)5-9/h4-6,12H,2-3,7-8,17H2,1H3/t12-/m1/s1. The summed E-state index contributed by atoms with van der Waals surface area (Å²) < 4.78 is 43.3. The minimum Gasteiger partial charge on any atom is -0.399 e. The van der Waals surface area contributed by atoms with Gasteiger partial charge in [0.2, 0.25) is 0 Å². The first-order valence-corrected chi connectivity index (χ1v) is 6.10. The van der Waals surface area contributed by atoms with Gasteiger partial charge in [-0.05, 0) is 30.2 Å². The number of alkyl halides is 3. The van der Waals surface area contributed by atoms with Gasteiger partial charge in [0.25, 0.3) is 0 Å². The number of rotatable bonds is 3. The van der Waals surface area contributed by atoms with Gasteiger partial charge in [-0.2, -0.15) is 13.2 Å². The van der Waals surface area contributed by atoms with Crippen molar-refractivity contribution in [3.63, 3.8) is 0 Å².